The number of aromatic carboxylic acids is 1. The molecule has 0 fully saturated rings. The Morgan fingerprint density at radius 2 is 1.88 bits per heavy atom. The molecule has 2 heterocycles. The molecule has 0 saturated heterocycles. The summed E-state index contributed by atoms with van der Waals surface area (Å²) < 4.78 is 20.4. The molecule has 0 aliphatic carbocycles. The van der Waals surface area contributed by atoms with Gasteiger partial charge in [0.15, 0.2) is 0 Å². The second-order valence-electron chi connectivity index (χ2n) is 6.23. The largest absolute Gasteiger partial charge is 0.478 e. The van der Waals surface area contributed by atoms with Crippen molar-refractivity contribution in [3.05, 3.63) is 82.3 Å². The van der Waals surface area contributed by atoms with Gasteiger partial charge in [0.05, 0.1) is 18.4 Å². The SMILES string of the molecule is Cc1c(CNCc2ccco2)c(C(=O)O)c(C)n1Cc1ccc(F)cc1. The minimum atomic E-state index is -0.946. The molecule has 0 radical (unpaired) electrons. The lowest BCUT2D eigenvalue weighted by Gasteiger charge is -2.10. The molecule has 136 valence electrons. The Morgan fingerprint density at radius 3 is 2.50 bits per heavy atom. The molecule has 0 unspecified atom stereocenters. The Morgan fingerprint density at radius 1 is 1.15 bits per heavy atom. The van der Waals surface area contributed by atoms with Crippen LogP contribution in [0.5, 0.6) is 0 Å². The maximum absolute atomic E-state index is 13.1. The number of hydrogen-bond donors (Lipinski definition) is 2. The van der Waals surface area contributed by atoms with Gasteiger partial charge in [0, 0.05) is 30.0 Å². The minimum Gasteiger partial charge on any atom is -0.478 e. The Hall–Kier alpha value is -2.86. The predicted molar refractivity (Wildman–Crippen MR) is 95.6 cm³/mol. The van der Waals surface area contributed by atoms with E-state index >= 15 is 0 Å². The highest BCUT2D eigenvalue weighted by Gasteiger charge is 2.22. The van der Waals surface area contributed by atoms with Crippen molar-refractivity contribution >= 4 is 5.97 Å². The van der Waals surface area contributed by atoms with Crippen LogP contribution in [0, 0.1) is 19.7 Å². The molecule has 1 aromatic carbocycles. The van der Waals surface area contributed by atoms with E-state index in [0.717, 1.165) is 22.6 Å². The number of carbonyl (C=O) groups is 1. The van der Waals surface area contributed by atoms with Crippen LogP contribution < -0.4 is 5.32 Å². The normalized spacial score (nSPS) is 11.0. The van der Waals surface area contributed by atoms with Gasteiger partial charge in [-0.15, -0.1) is 0 Å². The molecule has 0 atom stereocenters. The molecule has 5 nitrogen and oxygen atoms in total. The zero-order valence-electron chi connectivity index (χ0n) is 14.8. The van der Waals surface area contributed by atoms with E-state index in [0.29, 0.717) is 30.9 Å². The number of hydrogen-bond acceptors (Lipinski definition) is 3. The second-order valence-corrected chi connectivity index (χ2v) is 6.23. The van der Waals surface area contributed by atoms with Crippen molar-refractivity contribution in [2.75, 3.05) is 0 Å². The molecule has 2 N–H and O–H groups in total. The Kier molecular flexibility index (Phi) is 5.23. The highest BCUT2D eigenvalue weighted by Crippen LogP contribution is 2.24. The fourth-order valence-electron chi connectivity index (χ4n) is 3.18. The highest BCUT2D eigenvalue weighted by molar-refractivity contribution is 5.91. The molecule has 3 aromatic rings. The van der Waals surface area contributed by atoms with Gasteiger partial charge in [-0.1, -0.05) is 12.1 Å². The number of benzene rings is 1. The van der Waals surface area contributed by atoms with E-state index in [-0.39, 0.29) is 5.82 Å². The van der Waals surface area contributed by atoms with E-state index in [1.54, 1.807) is 25.3 Å². The van der Waals surface area contributed by atoms with Gasteiger partial charge >= 0.3 is 5.97 Å². The Labute approximate surface area is 151 Å². The molecule has 2 aromatic heterocycles. The van der Waals surface area contributed by atoms with Crippen LogP contribution in [0.1, 0.15) is 38.6 Å². The van der Waals surface area contributed by atoms with Crippen LogP contribution in [0.25, 0.3) is 0 Å². The first-order valence-electron chi connectivity index (χ1n) is 8.36. The summed E-state index contributed by atoms with van der Waals surface area (Å²) in [5.74, 6) is -0.441. The summed E-state index contributed by atoms with van der Waals surface area (Å²) in [7, 11) is 0. The summed E-state index contributed by atoms with van der Waals surface area (Å²) >= 11 is 0. The minimum absolute atomic E-state index is 0.288. The van der Waals surface area contributed by atoms with Crippen molar-refractivity contribution in [3.8, 4) is 0 Å². The molecule has 0 bridgehead atoms. The molecular weight excluding hydrogens is 335 g/mol. The lowest BCUT2D eigenvalue weighted by molar-refractivity contribution is 0.0694. The van der Waals surface area contributed by atoms with Crippen LogP contribution in [-0.4, -0.2) is 15.6 Å². The van der Waals surface area contributed by atoms with Gasteiger partial charge in [0.25, 0.3) is 0 Å². The summed E-state index contributed by atoms with van der Waals surface area (Å²) in [5.41, 5.74) is 3.56. The van der Waals surface area contributed by atoms with Gasteiger partial charge in [-0.3, -0.25) is 0 Å². The average molecular weight is 356 g/mol. The van der Waals surface area contributed by atoms with Gasteiger partial charge in [-0.05, 0) is 43.7 Å². The van der Waals surface area contributed by atoms with E-state index in [1.807, 2.05) is 23.6 Å². The monoisotopic (exact) mass is 356 g/mol. The molecule has 0 aliphatic heterocycles. The van der Waals surface area contributed by atoms with Gasteiger partial charge in [0.2, 0.25) is 0 Å². The highest BCUT2D eigenvalue weighted by atomic mass is 19.1. The number of furan rings is 1. The smallest absolute Gasteiger partial charge is 0.337 e. The van der Waals surface area contributed by atoms with Gasteiger partial charge in [-0.25, -0.2) is 9.18 Å². The third kappa shape index (κ3) is 3.70. The fraction of sp³-hybridized carbons (Fsp3) is 0.250. The average Bonchev–Trinajstić information content (AvgIpc) is 3.19. The third-order valence-corrected chi connectivity index (χ3v) is 4.56. The lowest BCUT2D eigenvalue weighted by atomic mass is 10.1. The van der Waals surface area contributed by atoms with E-state index in [4.69, 9.17) is 4.42 Å². The van der Waals surface area contributed by atoms with Crippen LogP contribution in [0.15, 0.2) is 47.1 Å². The van der Waals surface area contributed by atoms with Crippen LogP contribution in [0.3, 0.4) is 0 Å². The van der Waals surface area contributed by atoms with Crippen molar-refractivity contribution in [2.45, 2.75) is 33.5 Å². The van der Waals surface area contributed by atoms with Gasteiger partial charge in [-0.2, -0.15) is 0 Å². The van der Waals surface area contributed by atoms with E-state index in [9.17, 15) is 14.3 Å². The number of nitrogens with zero attached hydrogens (tertiary/aromatic N) is 1. The standard InChI is InChI=1S/C20H21FN2O3/c1-13-18(11-22-10-17-4-3-9-26-17)19(20(24)25)14(2)23(13)12-15-5-7-16(21)8-6-15/h3-9,22H,10-12H2,1-2H3,(H,24,25). The molecule has 0 spiro atoms. The Bertz CT molecular complexity index is 896. The fourth-order valence-corrected chi connectivity index (χ4v) is 3.18. The quantitative estimate of drug-likeness (QED) is 0.674. The van der Waals surface area contributed by atoms with Gasteiger partial charge in [0.1, 0.15) is 11.6 Å². The number of carboxylic acid groups (broad SMARTS) is 1. The van der Waals surface area contributed by atoms with Crippen molar-refractivity contribution in [1.29, 1.82) is 0 Å². The third-order valence-electron chi connectivity index (χ3n) is 4.56. The van der Waals surface area contributed by atoms with Crippen LogP contribution >= 0.6 is 0 Å². The first-order chi connectivity index (χ1) is 12.5. The van der Waals surface area contributed by atoms with Crippen LogP contribution in [0.4, 0.5) is 4.39 Å². The number of nitrogens with one attached hydrogen (secondary N) is 1. The lowest BCUT2D eigenvalue weighted by Crippen LogP contribution is -2.15. The number of rotatable bonds is 7. The van der Waals surface area contributed by atoms with Gasteiger partial charge < -0.3 is 19.4 Å². The maximum Gasteiger partial charge on any atom is 0.337 e. The topological polar surface area (TPSA) is 67.4 Å². The molecule has 3 rings (SSSR count). The van der Waals surface area contributed by atoms with E-state index in [1.165, 1.54) is 12.1 Å². The van der Waals surface area contributed by atoms with Crippen molar-refractivity contribution in [1.82, 2.24) is 9.88 Å². The van der Waals surface area contributed by atoms with Crippen molar-refractivity contribution in [3.63, 3.8) is 0 Å². The molecule has 26 heavy (non-hydrogen) atoms. The van der Waals surface area contributed by atoms with Crippen LogP contribution in [-0.2, 0) is 19.6 Å². The molecule has 6 heteroatoms. The number of aromatic nitrogens is 1. The molecule has 0 aliphatic rings. The van der Waals surface area contributed by atoms with Crippen molar-refractivity contribution in [2.24, 2.45) is 0 Å². The Balaban J connectivity index is 1.85. The number of halogens is 1. The maximum atomic E-state index is 13.1. The summed E-state index contributed by atoms with van der Waals surface area (Å²) in [4.78, 5) is 11.8. The molecule has 0 saturated carbocycles. The van der Waals surface area contributed by atoms with Crippen LogP contribution in [0.2, 0.25) is 0 Å². The summed E-state index contributed by atoms with van der Waals surface area (Å²) in [6, 6.07) is 9.92. The zero-order valence-corrected chi connectivity index (χ0v) is 14.8. The molecule has 0 amide bonds. The summed E-state index contributed by atoms with van der Waals surface area (Å²) in [6.07, 6.45) is 1.61. The predicted octanol–water partition coefficient (Wildman–Crippen LogP) is 3.87. The summed E-state index contributed by atoms with van der Waals surface area (Å²) in [5, 5.41) is 12.9. The zero-order chi connectivity index (χ0) is 18.7. The second kappa shape index (κ2) is 7.58. The first-order valence-corrected chi connectivity index (χ1v) is 8.36. The summed E-state index contributed by atoms with van der Waals surface area (Å²) in [6.45, 7) is 5.15. The van der Waals surface area contributed by atoms with E-state index < -0.39 is 5.97 Å². The van der Waals surface area contributed by atoms with Crippen molar-refractivity contribution < 1.29 is 18.7 Å². The number of carboxylic acids is 1. The van der Waals surface area contributed by atoms with E-state index in [2.05, 4.69) is 5.32 Å². The molecular formula is C20H21FN2O3. The first kappa shape index (κ1) is 17.9.